The Morgan fingerprint density at radius 3 is 2.72 bits per heavy atom. The highest BCUT2D eigenvalue weighted by Gasteiger charge is 2.56. The summed E-state index contributed by atoms with van der Waals surface area (Å²) in [6.45, 7) is -0.192. The molecule has 0 spiro atoms. The molecule has 182 valence electrons. The van der Waals surface area contributed by atoms with E-state index < -0.39 is 12.0 Å². The number of aromatic nitrogens is 4. The number of nitrogens with zero attached hydrogens (tertiary/aromatic N) is 5. The van der Waals surface area contributed by atoms with Crippen molar-refractivity contribution >= 4 is 67.3 Å². The Morgan fingerprint density at radius 2 is 1.94 bits per heavy atom. The Balaban J connectivity index is 1.37. The number of amides is 2. The zero-order valence-electron chi connectivity index (χ0n) is 18.8. The lowest BCUT2D eigenvalue weighted by atomic mass is 10.1. The molecular formula is C24H20BrN7O4. The summed E-state index contributed by atoms with van der Waals surface area (Å²) < 4.78 is 2.15. The lowest BCUT2D eigenvalue weighted by Crippen LogP contribution is -2.46. The number of nitrogens with one attached hydrogen (secondary N) is 1. The number of aromatic carboxylic acids is 1. The van der Waals surface area contributed by atoms with E-state index in [2.05, 4.69) is 36.2 Å². The van der Waals surface area contributed by atoms with Crippen molar-refractivity contribution in [3.05, 3.63) is 52.9 Å². The number of para-hydroxylation sites is 1. The molecule has 2 aliphatic rings. The number of hydrogen-bond acceptors (Lipinski definition) is 7. The van der Waals surface area contributed by atoms with Gasteiger partial charge in [0.2, 0.25) is 11.8 Å². The fraction of sp³-hybridized carbons (Fsp3) is 0.250. The topological polar surface area (TPSA) is 156 Å². The summed E-state index contributed by atoms with van der Waals surface area (Å²) in [5, 5.41) is 13.7. The largest absolute Gasteiger partial charge is 0.478 e. The maximum absolute atomic E-state index is 13.7. The number of benzene rings is 1. The molecule has 11 nitrogen and oxygen atoms in total. The Morgan fingerprint density at radius 1 is 1.14 bits per heavy atom. The van der Waals surface area contributed by atoms with Crippen LogP contribution in [-0.2, 0) is 16.1 Å². The number of fused-ring (bicyclic) bond motifs is 4. The zero-order chi connectivity index (χ0) is 25.1. The van der Waals surface area contributed by atoms with Gasteiger partial charge in [0.05, 0.1) is 16.5 Å². The average molecular weight is 550 g/mol. The number of carbonyl (C=O) groups excluding carboxylic acids is 2. The predicted molar refractivity (Wildman–Crippen MR) is 134 cm³/mol. The smallest absolute Gasteiger partial charge is 0.337 e. The number of nitrogen functional groups attached to an aromatic ring is 1. The lowest BCUT2D eigenvalue weighted by Gasteiger charge is -2.27. The molecule has 1 aromatic carbocycles. The standard InChI is InChI=1S/C24H20BrN7O4/c25-16-5-2-6-17(29-16)30-23(34)15-8-11-7-14(11)32(15)18(33)9-31-20-12(3-1-4-13(20)24(35)36)19-21(26)27-10-28-22(19)31/h1-6,10-11,14-15H,7-9H2,(H,35,36)(H2,26,27,28)(H,29,30,34)/t11?,14-,15+/m1/s1. The van der Waals surface area contributed by atoms with Gasteiger partial charge in [-0.15, -0.1) is 0 Å². The summed E-state index contributed by atoms with van der Waals surface area (Å²) >= 11 is 3.29. The van der Waals surface area contributed by atoms with Gasteiger partial charge < -0.3 is 25.6 Å². The van der Waals surface area contributed by atoms with E-state index in [1.807, 2.05) is 0 Å². The van der Waals surface area contributed by atoms with Crippen LogP contribution in [0.3, 0.4) is 0 Å². The Kier molecular flexibility index (Phi) is 5.14. The van der Waals surface area contributed by atoms with Crippen LogP contribution in [0.4, 0.5) is 11.6 Å². The van der Waals surface area contributed by atoms with E-state index >= 15 is 0 Å². The molecule has 4 heterocycles. The third kappa shape index (κ3) is 3.56. The Hall–Kier alpha value is -4.06. The molecule has 2 fully saturated rings. The first-order valence-corrected chi connectivity index (χ1v) is 12.1. The molecule has 4 N–H and O–H groups in total. The summed E-state index contributed by atoms with van der Waals surface area (Å²) in [6, 6.07) is 9.36. The highest BCUT2D eigenvalue weighted by Crippen LogP contribution is 2.48. The number of pyridine rings is 1. The van der Waals surface area contributed by atoms with E-state index in [1.165, 1.54) is 12.4 Å². The lowest BCUT2D eigenvalue weighted by molar-refractivity contribution is -0.138. The quantitative estimate of drug-likeness (QED) is 0.320. The number of carboxylic acid groups (broad SMARTS) is 1. The fourth-order valence-corrected chi connectivity index (χ4v) is 5.62. The number of halogens is 1. The first kappa shape index (κ1) is 22.4. The molecule has 1 saturated heterocycles. The predicted octanol–water partition coefficient (Wildman–Crippen LogP) is 2.65. The van der Waals surface area contributed by atoms with Crippen molar-refractivity contribution in [3.8, 4) is 0 Å². The summed E-state index contributed by atoms with van der Waals surface area (Å²) in [4.78, 5) is 53.1. The first-order chi connectivity index (χ1) is 17.3. The van der Waals surface area contributed by atoms with Crippen molar-refractivity contribution in [2.75, 3.05) is 11.1 Å². The van der Waals surface area contributed by atoms with E-state index in [4.69, 9.17) is 5.73 Å². The maximum atomic E-state index is 13.7. The van der Waals surface area contributed by atoms with Gasteiger partial charge in [-0.25, -0.2) is 19.7 Å². The van der Waals surface area contributed by atoms with Crippen LogP contribution in [0.25, 0.3) is 21.9 Å². The van der Waals surface area contributed by atoms with Crippen molar-refractivity contribution < 1.29 is 19.5 Å². The molecule has 1 aliphatic carbocycles. The zero-order valence-corrected chi connectivity index (χ0v) is 20.3. The van der Waals surface area contributed by atoms with Crippen LogP contribution < -0.4 is 11.1 Å². The number of carbonyl (C=O) groups is 3. The number of carboxylic acids is 1. The van der Waals surface area contributed by atoms with Crippen LogP contribution in [-0.4, -0.2) is 59.4 Å². The van der Waals surface area contributed by atoms with E-state index in [-0.39, 0.29) is 41.7 Å². The molecule has 3 atom stereocenters. The third-order valence-electron chi connectivity index (χ3n) is 6.87. The summed E-state index contributed by atoms with van der Waals surface area (Å²) in [5.41, 5.74) is 6.85. The van der Waals surface area contributed by atoms with Gasteiger partial charge in [-0.05, 0) is 52.9 Å². The molecular weight excluding hydrogens is 530 g/mol. The van der Waals surface area contributed by atoms with Gasteiger partial charge in [-0.2, -0.15) is 0 Å². The van der Waals surface area contributed by atoms with Gasteiger partial charge in [-0.3, -0.25) is 9.59 Å². The van der Waals surface area contributed by atoms with Crippen LogP contribution in [0.2, 0.25) is 0 Å². The third-order valence-corrected chi connectivity index (χ3v) is 7.31. The molecule has 1 aliphatic heterocycles. The molecule has 2 amide bonds. The average Bonchev–Trinajstić information content (AvgIpc) is 3.38. The highest BCUT2D eigenvalue weighted by atomic mass is 79.9. The molecule has 4 aromatic rings. The van der Waals surface area contributed by atoms with Gasteiger partial charge in [0.1, 0.15) is 40.8 Å². The van der Waals surface area contributed by atoms with Crippen LogP contribution in [0.1, 0.15) is 23.2 Å². The van der Waals surface area contributed by atoms with E-state index in [9.17, 15) is 19.5 Å². The van der Waals surface area contributed by atoms with Crippen molar-refractivity contribution in [1.82, 2.24) is 24.4 Å². The number of likely N-dealkylation sites (tertiary alicyclic amines) is 1. The minimum absolute atomic E-state index is 0.0181. The van der Waals surface area contributed by atoms with E-state index in [0.717, 1.165) is 6.42 Å². The van der Waals surface area contributed by atoms with Crippen LogP contribution >= 0.6 is 15.9 Å². The molecule has 1 unspecified atom stereocenters. The van der Waals surface area contributed by atoms with Crippen molar-refractivity contribution in [2.24, 2.45) is 5.92 Å². The van der Waals surface area contributed by atoms with Crippen molar-refractivity contribution in [1.29, 1.82) is 0 Å². The van der Waals surface area contributed by atoms with Crippen LogP contribution in [0, 0.1) is 5.92 Å². The summed E-state index contributed by atoms with van der Waals surface area (Å²) in [7, 11) is 0. The monoisotopic (exact) mass is 549 g/mol. The van der Waals surface area contributed by atoms with Crippen molar-refractivity contribution in [3.63, 3.8) is 0 Å². The SMILES string of the molecule is Nc1ncnc2c1c1cccc(C(=O)O)c1n2CC(=O)N1[C@@H]2CC2C[C@H]1C(=O)Nc1cccc(Br)n1. The molecule has 12 heteroatoms. The second-order valence-electron chi connectivity index (χ2n) is 9.00. The minimum Gasteiger partial charge on any atom is -0.478 e. The summed E-state index contributed by atoms with van der Waals surface area (Å²) in [6.07, 6.45) is 2.69. The fourth-order valence-electron chi connectivity index (χ4n) is 5.27. The first-order valence-electron chi connectivity index (χ1n) is 11.3. The Labute approximate surface area is 212 Å². The normalized spacial score (nSPS) is 20.5. The van der Waals surface area contributed by atoms with Gasteiger partial charge in [0, 0.05) is 11.4 Å². The molecule has 6 rings (SSSR count). The molecule has 1 saturated carbocycles. The number of piperidine rings is 1. The van der Waals surface area contributed by atoms with Gasteiger partial charge in [-0.1, -0.05) is 18.2 Å². The Bertz CT molecular complexity index is 1590. The minimum atomic E-state index is -1.13. The van der Waals surface area contributed by atoms with Crippen LogP contribution in [0.15, 0.2) is 47.3 Å². The molecule has 0 bridgehead atoms. The van der Waals surface area contributed by atoms with E-state index in [1.54, 1.807) is 39.8 Å². The van der Waals surface area contributed by atoms with Gasteiger partial charge >= 0.3 is 5.97 Å². The van der Waals surface area contributed by atoms with Crippen LogP contribution in [0.5, 0.6) is 0 Å². The second kappa shape index (κ2) is 8.26. The second-order valence-corrected chi connectivity index (χ2v) is 9.81. The summed E-state index contributed by atoms with van der Waals surface area (Å²) in [5.74, 6) is -0.875. The number of nitrogens with two attached hydrogens (primary N) is 1. The number of hydrogen-bond donors (Lipinski definition) is 3. The van der Waals surface area contributed by atoms with Gasteiger partial charge in [0.25, 0.3) is 0 Å². The van der Waals surface area contributed by atoms with Crippen molar-refractivity contribution in [2.45, 2.75) is 31.5 Å². The highest BCUT2D eigenvalue weighted by molar-refractivity contribution is 9.10. The van der Waals surface area contributed by atoms with E-state index in [0.29, 0.717) is 38.8 Å². The number of anilines is 2. The molecule has 0 radical (unpaired) electrons. The van der Waals surface area contributed by atoms with Gasteiger partial charge in [0.15, 0.2) is 0 Å². The maximum Gasteiger partial charge on any atom is 0.337 e. The molecule has 3 aromatic heterocycles. The molecule has 36 heavy (non-hydrogen) atoms. The number of rotatable bonds is 5.